The molecule has 94 valence electrons. The standard InChI is InChI=1S/C11H16N2O4/c1-8-9(3-6-17-8)11(16)12-7-10(15)13(2)4-5-14/h3,6,14H,4-5,7H2,1-2H3,(H,12,16). The van der Waals surface area contributed by atoms with Crippen LogP contribution in [0.5, 0.6) is 0 Å². The highest BCUT2D eigenvalue weighted by molar-refractivity contribution is 5.97. The van der Waals surface area contributed by atoms with E-state index in [0.29, 0.717) is 11.3 Å². The number of aliphatic hydroxyl groups excluding tert-OH is 1. The summed E-state index contributed by atoms with van der Waals surface area (Å²) in [5.74, 6) is -0.0887. The van der Waals surface area contributed by atoms with Crippen LogP contribution in [0, 0.1) is 6.92 Å². The molecule has 0 aliphatic heterocycles. The summed E-state index contributed by atoms with van der Waals surface area (Å²) in [7, 11) is 1.56. The Morgan fingerprint density at radius 2 is 2.24 bits per heavy atom. The largest absolute Gasteiger partial charge is 0.469 e. The number of carbonyl (C=O) groups excluding carboxylic acids is 2. The van der Waals surface area contributed by atoms with Crippen LogP contribution in [-0.2, 0) is 4.79 Å². The molecule has 0 saturated carbocycles. The molecule has 0 fully saturated rings. The van der Waals surface area contributed by atoms with Crippen molar-refractivity contribution in [2.75, 3.05) is 26.7 Å². The van der Waals surface area contributed by atoms with Crippen LogP contribution in [0.2, 0.25) is 0 Å². The summed E-state index contributed by atoms with van der Waals surface area (Å²) >= 11 is 0. The first-order chi connectivity index (χ1) is 8.06. The Kier molecular flexibility index (Phi) is 4.71. The summed E-state index contributed by atoms with van der Waals surface area (Å²) in [6.45, 7) is 1.73. The molecule has 1 aromatic heterocycles. The molecule has 0 radical (unpaired) electrons. The van der Waals surface area contributed by atoms with Gasteiger partial charge in [-0.15, -0.1) is 0 Å². The lowest BCUT2D eigenvalue weighted by atomic mass is 10.2. The molecule has 6 nitrogen and oxygen atoms in total. The van der Waals surface area contributed by atoms with E-state index in [2.05, 4.69) is 5.32 Å². The first-order valence-corrected chi connectivity index (χ1v) is 5.23. The molecule has 2 N–H and O–H groups in total. The van der Waals surface area contributed by atoms with Crippen molar-refractivity contribution >= 4 is 11.8 Å². The maximum atomic E-state index is 11.6. The maximum absolute atomic E-state index is 11.6. The number of amides is 2. The average molecular weight is 240 g/mol. The van der Waals surface area contributed by atoms with Crippen molar-refractivity contribution in [1.29, 1.82) is 0 Å². The average Bonchev–Trinajstić information content (AvgIpc) is 2.72. The van der Waals surface area contributed by atoms with Crippen LogP contribution in [0.25, 0.3) is 0 Å². The Bertz CT molecular complexity index is 400. The zero-order valence-corrected chi connectivity index (χ0v) is 9.90. The fraction of sp³-hybridized carbons (Fsp3) is 0.455. The van der Waals surface area contributed by atoms with Crippen LogP contribution in [0.1, 0.15) is 16.1 Å². The van der Waals surface area contributed by atoms with Crippen molar-refractivity contribution in [1.82, 2.24) is 10.2 Å². The van der Waals surface area contributed by atoms with Gasteiger partial charge in [0.25, 0.3) is 5.91 Å². The van der Waals surface area contributed by atoms with Crippen molar-refractivity contribution in [3.05, 3.63) is 23.7 Å². The third-order valence-electron chi connectivity index (χ3n) is 2.36. The van der Waals surface area contributed by atoms with E-state index in [1.165, 1.54) is 11.2 Å². The number of likely N-dealkylation sites (N-methyl/N-ethyl adjacent to an activating group) is 1. The number of aryl methyl sites for hydroxylation is 1. The van der Waals surface area contributed by atoms with Crippen LogP contribution in [0.15, 0.2) is 16.7 Å². The van der Waals surface area contributed by atoms with Gasteiger partial charge in [-0.1, -0.05) is 0 Å². The van der Waals surface area contributed by atoms with Gasteiger partial charge in [0.15, 0.2) is 0 Å². The maximum Gasteiger partial charge on any atom is 0.255 e. The van der Waals surface area contributed by atoms with E-state index in [0.717, 1.165) is 0 Å². The number of aliphatic hydroxyl groups is 1. The Labute approximate surface area is 99.2 Å². The Morgan fingerprint density at radius 3 is 2.76 bits per heavy atom. The normalized spacial score (nSPS) is 10.1. The predicted octanol–water partition coefficient (Wildman–Crippen LogP) is -0.231. The first kappa shape index (κ1) is 13.2. The van der Waals surface area contributed by atoms with Crippen molar-refractivity contribution < 1.29 is 19.1 Å². The monoisotopic (exact) mass is 240 g/mol. The van der Waals surface area contributed by atoms with E-state index in [1.54, 1.807) is 20.0 Å². The number of furan rings is 1. The van der Waals surface area contributed by atoms with Gasteiger partial charge in [0, 0.05) is 13.6 Å². The summed E-state index contributed by atoms with van der Waals surface area (Å²) in [4.78, 5) is 24.4. The Morgan fingerprint density at radius 1 is 1.53 bits per heavy atom. The fourth-order valence-corrected chi connectivity index (χ4v) is 1.28. The SMILES string of the molecule is Cc1occc1C(=O)NCC(=O)N(C)CCO. The first-order valence-electron chi connectivity index (χ1n) is 5.23. The molecule has 0 aliphatic carbocycles. The van der Waals surface area contributed by atoms with Gasteiger partial charge in [-0.2, -0.15) is 0 Å². The van der Waals surface area contributed by atoms with Crippen LogP contribution < -0.4 is 5.32 Å². The van der Waals surface area contributed by atoms with Crippen LogP contribution >= 0.6 is 0 Å². The number of nitrogens with one attached hydrogen (secondary N) is 1. The fourth-order valence-electron chi connectivity index (χ4n) is 1.28. The van der Waals surface area contributed by atoms with E-state index in [-0.39, 0.29) is 31.5 Å². The van der Waals surface area contributed by atoms with E-state index < -0.39 is 0 Å². The Hall–Kier alpha value is -1.82. The van der Waals surface area contributed by atoms with Crippen molar-refractivity contribution in [3.8, 4) is 0 Å². The van der Waals surface area contributed by atoms with Gasteiger partial charge < -0.3 is 19.7 Å². The minimum atomic E-state index is -0.345. The molecule has 0 aromatic carbocycles. The third kappa shape index (κ3) is 3.60. The number of carbonyl (C=O) groups is 2. The van der Waals surface area contributed by atoms with Gasteiger partial charge in [-0.25, -0.2) is 0 Å². The van der Waals surface area contributed by atoms with Gasteiger partial charge in [0.1, 0.15) is 5.76 Å². The molecule has 2 amide bonds. The molecule has 0 unspecified atom stereocenters. The molecular weight excluding hydrogens is 224 g/mol. The molecule has 17 heavy (non-hydrogen) atoms. The molecule has 1 aromatic rings. The highest BCUT2D eigenvalue weighted by Crippen LogP contribution is 2.07. The van der Waals surface area contributed by atoms with E-state index in [4.69, 9.17) is 9.52 Å². The highest BCUT2D eigenvalue weighted by Gasteiger charge is 2.14. The van der Waals surface area contributed by atoms with Gasteiger partial charge in [-0.3, -0.25) is 9.59 Å². The summed E-state index contributed by atoms with van der Waals surface area (Å²) in [6.07, 6.45) is 1.42. The molecular formula is C11H16N2O4. The van der Waals surface area contributed by atoms with Crippen LogP contribution in [0.4, 0.5) is 0 Å². The molecule has 1 heterocycles. The summed E-state index contributed by atoms with van der Waals surface area (Å²) in [5, 5.41) is 11.1. The van der Waals surface area contributed by atoms with Crippen molar-refractivity contribution in [3.63, 3.8) is 0 Å². The topological polar surface area (TPSA) is 82.8 Å². The molecule has 1 rings (SSSR count). The lowest BCUT2D eigenvalue weighted by Gasteiger charge is -2.15. The molecule has 0 saturated heterocycles. The summed E-state index contributed by atoms with van der Waals surface area (Å²) in [6, 6.07) is 1.55. The minimum absolute atomic E-state index is 0.0973. The lowest BCUT2D eigenvalue weighted by molar-refractivity contribution is -0.129. The summed E-state index contributed by atoms with van der Waals surface area (Å²) < 4.78 is 4.99. The quantitative estimate of drug-likeness (QED) is 0.744. The lowest BCUT2D eigenvalue weighted by Crippen LogP contribution is -2.39. The zero-order chi connectivity index (χ0) is 12.8. The van der Waals surface area contributed by atoms with E-state index in [1.807, 2.05) is 0 Å². The minimum Gasteiger partial charge on any atom is -0.469 e. The van der Waals surface area contributed by atoms with E-state index >= 15 is 0 Å². The molecule has 0 atom stereocenters. The van der Waals surface area contributed by atoms with Gasteiger partial charge >= 0.3 is 0 Å². The predicted molar refractivity (Wildman–Crippen MR) is 60.5 cm³/mol. The zero-order valence-electron chi connectivity index (χ0n) is 9.90. The number of nitrogens with zero attached hydrogens (tertiary/aromatic N) is 1. The molecule has 0 aliphatic rings. The Balaban J connectivity index is 2.44. The number of hydrogen-bond donors (Lipinski definition) is 2. The summed E-state index contributed by atoms with van der Waals surface area (Å²) in [5.41, 5.74) is 0.419. The highest BCUT2D eigenvalue weighted by atomic mass is 16.3. The second-order valence-electron chi connectivity index (χ2n) is 3.61. The van der Waals surface area contributed by atoms with Crippen LogP contribution in [-0.4, -0.2) is 48.6 Å². The smallest absolute Gasteiger partial charge is 0.255 e. The second-order valence-corrected chi connectivity index (χ2v) is 3.61. The third-order valence-corrected chi connectivity index (χ3v) is 2.36. The molecule has 0 bridgehead atoms. The number of hydrogen-bond acceptors (Lipinski definition) is 4. The van der Waals surface area contributed by atoms with Crippen molar-refractivity contribution in [2.24, 2.45) is 0 Å². The van der Waals surface area contributed by atoms with Crippen molar-refractivity contribution in [2.45, 2.75) is 6.92 Å². The number of rotatable bonds is 5. The molecule has 0 spiro atoms. The molecule has 6 heteroatoms. The second kappa shape index (κ2) is 6.05. The van der Waals surface area contributed by atoms with Gasteiger partial charge in [0.05, 0.1) is 25.0 Å². The van der Waals surface area contributed by atoms with Gasteiger partial charge in [0.2, 0.25) is 5.91 Å². The van der Waals surface area contributed by atoms with Crippen LogP contribution in [0.3, 0.4) is 0 Å². The van der Waals surface area contributed by atoms with E-state index in [9.17, 15) is 9.59 Å². The van der Waals surface area contributed by atoms with Gasteiger partial charge in [-0.05, 0) is 13.0 Å².